The molecule has 2 aliphatic rings. The van der Waals surface area contributed by atoms with E-state index in [4.69, 9.17) is 10.2 Å². The molecule has 0 spiro atoms. The summed E-state index contributed by atoms with van der Waals surface area (Å²) >= 11 is 0. The number of nitrogens with zero attached hydrogens (tertiary/aromatic N) is 2. The van der Waals surface area contributed by atoms with Crippen LogP contribution in [0.1, 0.15) is 38.5 Å². The predicted octanol–water partition coefficient (Wildman–Crippen LogP) is 2.61. The molecular weight excluding hydrogens is 418 g/mol. The Morgan fingerprint density at radius 1 is 0.733 bits per heavy atom. The van der Waals surface area contributed by atoms with Crippen LogP contribution in [0.25, 0.3) is 0 Å². The van der Waals surface area contributed by atoms with Gasteiger partial charge in [-0.25, -0.2) is 0 Å². The first-order chi connectivity index (χ1) is 14.0. The number of hydrogen-bond acceptors (Lipinski definition) is 5. The molecule has 0 amide bonds. The van der Waals surface area contributed by atoms with Crippen LogP contribution < -0.4 is 0 Å². The number of hydrogen-bond donors (Lipinski definition) is 2. The van der Waals surface area contributed by atoms with Gasteiger partial charge in [0.2, 0.25) is 0 Å². The Hall–Kier alpha value is -0.910. The van der Waals surface area contributed by atoms with Gasteiger partial charge in [-0.05, 0) is 76.5 Å². The van der Waals surface area contributed by atoms with Crippen LogP contribution in [0.5, 0.6) is 0 Å². The van der Waals surface area contributed by atoms with Crippen molar-refractivity contribution in [3.8, 4) is 0 Å². The lowest BCUT2D eigenvalue weighted by Crippen LogP contribution is -2.63. The van der Waals surface area contributed by atoms with E-state index in [1.165, 1.54) is 0 Å². The van der Waals surface area contributed by atoms with E-state index in [2.05, 4.69) is 0 Å². The number of piperidine rings is 2. The van der Waals surface area contributed by atoms with Crippen LogP contribution in [0, 0.1) is 11.8 Å². The van der Waals surface area contributed by atoms with Crippen molar-refractivity contribution in [1.82, 2.24) is 9.80 Å². The van der Waals surface area contributed by atoms with Gasteiger partial charge in [0.25, 0.3) is 0 Å². The minimum absolute atomic E-state index is 0.000739. The fraction of sp³-hybridized carbons (Fsp3) is 0.947. The summed E-state index contributed by atoms with van der Waals surface area (Å²) in [6.45, 7) is -0.746. The number of alkyl halides is 6. The van der Waals surface area contributed by atoms with Crippen LogP contribution in [0.2, 0.25) is 0 Å². The summed E-state index contributed by atoms with van der Waals surface area (Å²) in [4.78, 5) is 14.4. The first-order valence-corrected chi connectivity index (χ1v) is 10.4. The number of carbonyl (C=O) groups is 1. The molecule has 2 saturated heterocycles. The van der Waals surface area contributed by atoms with Crippen molar-refractivity contribution < 1.29 is 41.4 Å². The number of likely N-dealkylation sites (tertiary alicyclic amines) is 2. The minimum Gasteiger partial charge on any atom is -0.396 e. The highest BCUT2D eigenvalue weighted by atomic mass is 19.4. The third-order valence-corrected chi connectivity index (χ3v) is 6.26. The average molecular weight is 448 g/mol. The average Bonchev–Trinajstić information content (AvgIpc) is 2.63. The Balaban J connectivity index is 2.18. The van der Waals surface area contributed by atoms with Gasteiger partial charge >= 0.3 is 12.4 Å². The van der Waals surface area contributed by atoms with Gasteiger partial charge in [0.15, 0.2) is 17.9 Å². The van der Waals surface area contributed by atoms with Crippen molar-refractivity contribution in [3.63, 3.8) is 0 Å². The van der Waals surface area contributed by atoms with Gasteiger partial charge in [-0.15, -0.1) is 0 Å². The Bertz CT molecular complexity index is 495. The molecule has 2 atom stereocenters. The zero-order valence-electron chi connectivity index (χ0n) is 16.8. The first kappa shape index (κ1) is 25.4. The van der Waals surface area contributed by atoms with E-state index in [-0.39, 0.29) is 51.2 Å². The summed E-state index contributed by atoms with van der Waals surface area (Å²) in [6.07, 6.45) is -8.20. The molecule has 0 saturated carbocycles. The first-order valence-electron chi connectivity index (χ1n) is 10.4. The highest BCUT2D eigenvalue weighted by Crippen LogP contribution is 2.36. The second kappa shape index (κ2) is 10.6. The maximum atomic E-state index is 13.8. The van der Waals surface area contributed by atoms with E-state index in [1.807, 2.05) is 0 Å². The lowest BCUT2D eigenvalue weighted by Gasteiger charge is -2.42. The van der Waals surface area contributed by atoms with Crippen molar-refractivity contribution in [2.24, 2.45) is 11.8 Å². The molecule has 2 heterocycles. The molecule has 0 bridgehead atoms. The molecular formula is C19H30F6N2O3. The zero-order chi connectivity index (χ0) is 22.5. The largest absolute Gasteiger partial charge is 0.411 e. The minimum atomic E-state index is -5.11. The summed E-state index contributed by atoms with van der Waals surface area (Å²) in [7, 11) is 0. The van der Waals surface area contributed by atoms with Gasteiger partial charge in [0.05, 0.1) is 0 Å². The topological polar surface area (TPSA) is 64.0 Å². The van der Waals surface area contributed by atoms with E-state index in [9.17, 15) is 31.1 Å². The maximum absolute atomic E-state index is 13.8. The lowest BCUT2D eigenvalue weighted by molar-refractivity contribution is -0.216. The van der Waals surface area contributed by atoms with Gasteiger partial charge in [-0.3, -0.25) is 14.6 Å². The van der Waals surface area contributed by atoms with Crippen LogP contribution in [0.15, 0.2) is 0 Å². The zero-order valence-corrected chi connectivity index (χ0v) is 16.8. The molecule has 2 rings (SSSR count). The van der Waals surface area contributed by atoms with E-state index < -0.39 is 30.2 Å². The van der Waals surface area contributed by atoms with Gasteiger partial charge in [-0.1, -0.05) is 0 Å². The summed E-state index contributed by atoms with van der Waals surface area (Å²) < 4.78 is 82.6. The number of rotatable bonds is 8. The van der Waals surface area contributed by atoms with E-state index in [0.717, 1.165) is 9.80 Å². The van der Waals surface area contributed by atoms with Crippen molar-refractivity contribution >= 4 is 5.78 Å². The van der Waals surface area contributed by atoms with Gasteiger partial charge in [0, 0.05) is 13.2 Å². The third kappa shape index (κ3) is 6.54. The predicted molar refractivity (Wildman–Crippen MR) is 96.7 cm³/mol. The molecule has 0 aromatic carbocycles. The second-order valence-electron chi connectivity index (χ2n) is 8.27. The second-order valence-corrected chi connectivity index (χ2v) is 8.27. The molecule has 0 aliphatic carbocycles. The SMILES string of the molecule is O=C(C(N1CCC(CCO)CC1)C(F)(F)F)C(N1CCC(CCO)CC1)C(F)(F)F. The highest BCUT2D eigenvalue weighted by molar-refractivity contribution is 5.90. The Morgan fingerprint density at radius 3 is 1.27 bits per heavy atom. The number of ketones is 1. The van der Waals surface area contributed by atoms with Crippen LogP contribution in [-0.4, -0.2) is 89.6 Å². The van der Waals surface area contributed by atoms with E-state index in [1.54, 1.807) is 0 Å². The van der Waals surface area contributed by atoms with Crippen LogP contribution in [-0.2, 0) is 4.79 Å². The summed E-state index contributed by atoms with van der Waals surface area (Å²) in [5, 5.41) is 18.0. The molecule has 0 aromatic heterocycles. The van der Waals surface area contributed by atoms with Crippen LogP contribution in [0.4, 0.5) is 26.3 Å². The fourth-order valence-corrected chi connectivity index (χ4v) is 4.61. The summed E-state index contributed by atoms with van der Waals surface area (Å²) in [5.41, 5.74) is 0. The monoisotopic (exact) mass is 448 g/mol. The Kier molecular flexibility index (Phi) is 8.96. The summed E-state index contributed by atoms with van der Waals surface area (Å²) in [5.74, 6) is -1.87. The lowest BCUT2D eigenvalue weighted by atomic mass is 9.89. The molecule has 2 N–H and O–H groups in total. The molecule has 11 heteroatoms. The normalized spacial score (nSPS) is 23.5. The van der Waals surface area contributed by atoms with Crippen molar-refractivity contribution in [1.29, 1.82) is 0 Å². The van der Waals surface area contributed by atoms with E-state index >= 15 is 0 Å². The molecule has 0 aromatic rings. The van der Waals surface area contributed by atoms with Gasteiger partial charge in [-0.2, -0.15) is 26.3 Å². The van der Waals surface area contributed by atoms with Gasteiger partial charge in [0.1, 0.15) is 0 Å². The maximum Gasteiger partial charge on any atom is 0.411 e. The van der Waals surface area contributed by atoms with Crippen molar-refractivity contribution in [2.75, 3.05) is 39.4 Å². The van der Waals surface area contributed by atoms with Crippen LogP contribution >= 0.6 is 0 Å². The smallest absolute Gasteiger partial charge is 0.396 e. The number of aliphatic hydroxyl groups excluding tert-OH is 2. The number of carbonyl (C=O) groups excluding carboxylic acids is 1. The van der Waals surface area contributed by atoms with Crippen molar-refractivity contribution in [3.05, 3.63) is 0 Å². The van der Waals surface area contributed by atoms with Crippen molar-refractivity contribution in [2.45, 2.75) is 63.0 Å². The molecule has 2 fully saturated rings. The molecule has 30 heavy (non-hydrogen) atoms. The fourth-order valence-electron chi connectivity index (χ4n) is 4.61. The Labute approximate surface area is 172 Å². The summed E-state index contributed by atoms with van der Waals surface area (Å²) in [6, 6.07) is -5.59. The van der Waals surface area contributed by atoms with Crippen LogP contribution in [0.3, 0.4) is 0 Å². The number of Topliss-reactive ketones (excluding diaryl/α,β-unsaturated/α-hetero) is 1. The number of aliphatic hydroxyl groups is 2. The standard InChI is InChI=1S/C19H30F6N2O3/c20-18(21,22)16(26-7-1-13(2-8-26)5-11-28)15(30)17(19(23,24)25)27-9-3-14(4-10-27)6-12-29/h13-14,16-17,28-29H,1-12H2. The van der Waals surface area contributed by atoms with Gasteiger partial charge < -0.3 is 10.2 Å². The molecule has 176 valence electrons. The molecule has 2 aliphatic heterocycles. The van der Waals surface area contributed by atoms with E-state index in [0.29, 0.717) is 38.5 Å². The molecule has 0 radical (unpaired) electrons. The quantitative estimate of drug-likeness (QED) is 0.559. The highest BCUT2D eigenvalue weighted by Gasteiger charge is 2.58. The number of halogens is 6. The molecule has 5 nitrogen and oxygen atoms in total. The Morgan fingerprint density at radius 2 is 1.03 bits per heavy atom. The molecule has 2 unspecified atom stereocenters. The third-order valence-electron chi connectivity index (χ3n) is 6.26.